The third kappa shape index (κ3) is 3.30. The van der Waals surface area contributed by atoms with Crippen LogP contribution in [-0.4, -0.2) is 63.7 Å². The zero-order valence-electron chi connectivity index (χ0n) is 19.4. The molecule has 1 atom stereocenters. The molecule has 2 aliphatic rings. The number of rotatable bonds is 5. The van der Waals surface area contributed by atoms with E-state index in [1.807, 2.05) is 37.2 Å². The number of nitrogens with zero attached hydrogens (tertiary/aromatic N) is 4. The summed E-state index contributed by atoms with van der Waals surface area (Å²) in [6.45, 7) is 1.25. The molecule has 34 heavy (non-hydrogen) atoms. The van der Waals surface area contributed by atoms with Crippen molar-refractivity contribution in [3.8, 4) is 0 Å². The largest absolute Gasteiger partial charge is 0.391 e. The number of anilines is 4. The summed E-state index contributed by atoms with van der Waals surface area (Å²) in [5.41, 5.74) is 3.67. The van der Waals surface area contributed by atoms with Crippen LogP contribution in [0.2, 0.25) is 0 Å². The van der Waals surface area contributed by atoms with E-state index in [1.54, 1.807) is 37.4 Å². The van der Waals surface area contributed by atoms with Crippen molar-refractivity contribution in [1.82, 2.24) is 0 Å². The van der Waals surface area contributed by atoms with Gasteiger partial charge in [-0.05, 0) is 42.8 Å². The summed E-state index contributed by atoms with van der Waals surface area (Å²) in [6, 6.07) is 14.3. The van der Waals surface area contributed by atoms with Crippen molar-refractivity contribution in [3.05, 3.63) is 59.7 Å². The monoisotopic (exact) mass is 458 g/mol. The molecule has 2 heterocycles. The SMILES string of the molecule is CN(C)c1cc(N2C(=O)c3cccc4c(N5CCC(O)C5)ccc(c34)C2=O)ccc1N(C)C=O. The number of hydrogen-bond donors (Lipinski definition) is 1. The Morgan fingerprint density at radius 3 is 2.35 bits per heavy atom. The summed E-state index contributed by atoms with van der Waals surface area (Å²) in [4.78, 5) is 45.2. The number of β-amino-alcohol motifs (C(OH)–C–C–N with tert-alkyl or cyclic N) is 1. The van der Waals surface area contributed by atoms with E-state index in [2.05, 4.69) is 4.90 Å². The van der Waals surface area contributed by atoms with E-state index >= 15 is 0 Å². The van der Waals surface area contributed by atoms with E-state index in [-0.39, 0.29) is 17.9 Å². The highest BCUT2D eigenvalue weighted by atomic mass is 16.3. The smallest absolute Gasteiger partial charge is 0.265 e. The molecule has 1 saturated heterocycles. The van der Waals surface area contributed by atoms with Crippen molar-refractivity contribution in [3.63, 3.8) is 0 Å². The van der Waals surface area contributed by atoms with Crippen molar-refractivity contribution in [2.24, 2.45) is 0 Å². The highest BCUT2D eigenvalue weighted by Gasteiger charge is 2.35. The minimum atomic E-state index is -0.386. The van der Waals surface area contributed by atoms with Gasteiger partial charge < -0.3 is 19.8 Å². The molecular weight excluding hydrogens is 432 g/mol. The predicted octanol–water partition coefficient (Wildman–Crippen LogP) is 2.87. The van der Waals surface area contributed by atoms with Crippen molar-refractivity contribution < 1.29 is 19.5 Å². The van der Waals surface area contributed by atoms with E-state index < -0.39 is 0 Å². The van der Waals surface area contributed by atoms with Crippen LogP contribution < -0.4 is 19.6 Å². The molecule has 1 unspecified atom stereocenters. The van der Waals surface area contributed by atoms with Crippen LogP contribution in [0, 0.1) is 0 Å². The van der Waals surface area contributed by atoms with Crippen LogP contribution >= 0.6 is 0 Å². The van der Waals surface area contributed by atoms with Crippen LogP contribution in [0.5, 0.6) is 0 Å². The summed E-state index contributed by atoms with van der Waals surface area (Å²) in [5.74, 6) is -0.772. The number of aliphatic hydroxyl groups excluding tert-OH is 1. The van der Waals surface area contributed by atoms with E-state index in [4.69, 9.17) is 0 Å². The van der Waals surface area contributed by atoms with Gasteiger partial charge in [-0.2, -0.15) is 0 Å². The van der Waals surface area contributed by atoms with Gasteiger partial charge in [0.2, 0.25) is 6.41 Å². The molecule has 0 aromatic heterocycles. The first-order valence-corrected chi connectivity index (χ1v) is 11.2. The van der Waals surface area contributed by atoms with Crippen LogP contribution in [0.1, 0.15) is 27.1 Å². The molecule has 174 valence electrons. The minimum Gasteiger partial charge on any atom is -0.391 e. The maximum Gasteiger partial charge on any atom is 0.265 e. The van der Waals surface area contributed by atoms with E-state index in [0.717, 1.165) is 17.6 Å². The van der Waals surface area contributed by atoms with Gasteiger partial charge in [0.1, 0.15) is 0 Å². The minimum absolute atomic E-state index is 0.378. The van der Waals surface area contributed by atoms with Crippen molar-refractivity contribution in [1.29, 1.82) is 0 Å². The van der Waals surface area contributed by atoms with Gasteiger partial charge in [0, 0.05) is 61.8 Å². The molecule has 3 aromatic rings. The molecule has 5 rings (SSSR count). The number of benzene rings is 3. The molecule has 1 N–H and O–H groups in total. The molecule has 3 aromatic carbocycles. The molecule has 3 amide bonds. The molecule has 0 bridgehead atoms. The van der Waals surface area contributed by atoms with Gasteiger partial charge >= 0.3 is 0 Å². The second-order valence-corrected chi connectivity index (χ2v) is 8.98. The quantitative estimate of drug-likeness (QED) is 0.468. The molecular formula is C26H26N4O4. The third-order valence-corrected chi connectivity index (χ3v) is 6.63. The lowest BCUT2D eigenvalue weighted by molar-refractivity contribution is -0.107. The van der Waals surface area contributed by atoms with Crippen LogP contribution in [0.3, 0.4) is 0 Å². The maximum atomic E-state index is 13.6. The standard InChI is InChI=1S/C26H26N4O4/c1-27(2)23-13-16(7-9-22(23)28(3)15-31)30-25(33)19-6-4-5-18-21(29-12-11-17(32)14-29)10-8-20(24(18)19)26(30)34/h4-10,13,15,17,32H,11-12,14H2,1-3H3. The summed E-state index contributed by atoms with van der Waals surface area (Å²) >= 11 is 0. The summed E-state index contributed by atoms with van der Waals surface area (Å²) in [5, 5.41) is 11.5. The van der Waals surface area contributed by atoms with Crippen LogP contribution in [0.4, 0.5) is 22.7 Å². The van der Waals surface area contributed by atoms with Gasteiger partial charge in [-0.3, -0.25) is 14.4 Å². The van der Waals surface area contributed by atoms with Crippen molar-refractivity contribution in [2.45, 2.75) is 12.5 Å². The Balaban J connectivity index is 1.63. The van der Waals surface area contributed by atoms with Gasteiger partial charge in [0.25, 0.3) is 11.8 Å². The number of aliphatic hydroxyl groups is 1. The average Bonchev–Trinajstić information content (AvgIpc) is 3.27. The fourth-order valence-electron chi connectivity index (χ4n) is 4.92. The van der Waals surface area contributed by atoms with E-state index in [9.17, 15) is 19.5 Å². The molecule has 1 fully saturated rings. The number of carbonyl (C=O) groups is 3. The Morgan fingerprint density at radius 2 is 1.71 bits per heavy atom. The topological polar surface area (TPSA) is 84.4 Å². The normalized spacial score (nSPS) is 17.5. The Kier molecular flexibility index (Phi) is 5.25. The number of imide groups is 1. The van der Waals surface area contributed by atoms with Gasteiger partial charge in [-0.15, -0.1) is 0 Å². The van der Waals surface area contributed by atoms with Crippen LogP contribution in [-0.2, 0) is 4.79 Å². The van der Waals surface area contributed by atoms with Gasteiger partial charge in [0.05, 0.1) is 23.2 Å². The van der Waals surface area contributed by atoms with Crippen LogP contribution in [0.15, 0.2) is 48.5 Å². The predicted molar refractivity (Wildman–Crippen MR) is 133 cm³/mol. The maximum absolute atomic E-state index is 13.6. The molecule has 2 aliphatic heterocycles. The fourth-order valence-corrected chi connectivity index (χ4v) is 4.92. The second kappa shape index (κ2) is 8.14. The van der Waals surface area contributed by atoms with Gasteiger partial charge in [-0.1, -0.05) is 12.1 Å². The van der Waals surface area contributed by atoms with Crippen molar-refractivity contribution in [2.75, 3.05) is 53.8 Å². The third-order valence-electron chi connectivity index (χ3n) is 6.63. The molecule has 8 nitrogen and oxygen atoms in total. The van der Waals surface area contributed by atoms with Crippen molar-refractivity contribution >= 4 is 51.7 Å². The summed E-state index contributed by atoms with van der Waals surface area (Å²) < 4.78 is 0. The highest BCUT2D eigenvalue weighted by molar-refractivity contribution is 6.36. The Bertz CT molecular complexity index is 1310. The number of amides is 3. The highest BCUT2D eigenvalue weighted by Crippen LogP contribution is 2.40. The lowest BCUT2D eigenvalue weighted by Gasteiger charge is -2.30. The zero-order valence-corrected chi connectivity index (χ0v) is 19.4. The number of hydrogen-bond acceptors (Lipinski definition) is 6. The fraction of sp³-hybridized carbons (Fsp3) is 0.269. The van der Waals surface area contributed by atoms with E-state index in [1.165, 1.54) is 9.80 Å². The summed E-state index contributed by atoms with van der Waals surface area (Å²) in [6.07, 6.45) is 1.03. The molecule has 0 spiro atoms. The molecule has 0 radical (unpaired) electrons. The Morgan fingerprint density at radius 1 is 0.971 bits per heavy atom. The zero-order chi connectivity index (χ0) is 24.1. The lowest BCUT2D eigenvalue weighted by Crippen LogP contribution is -2.40. The Hall–Kier alpha value is -3.91. The molecule has 0 aliphatic carbocycles. The van der Waals surface area contributed by atoms with Crippen LogP contribution in [0.25, 0.3) is 10.8 Å². The second-order valence-electron chi connectivity index (χ2n) is 8.98. The first-order chi connectivity index (χ1) is 16.3. The lowest BCUT2D eigenvalue weighted by atomic mass is 9.92. The first kappa shape index (κ1) is 21.9. The average molecular weight is 459 g/mol. The van der Waals surface area contributed by atoms with Gasteiger partial charge in [0.15, 0.2) is 0 Å². The number of carbonyl (C=O) groups excluding carboxylic acids is 3. The Labute approximate surface area is 197 Å². The molecule has 8 heteroatoms. The summed E-state index contributed by atoms with van der Waals surface area (Å²) in [7, 11) is 5.34. The van der Waals surface area contributed by atoms with Gasteiger partial charge in [-0.25, -0.2) is 4.90 Å². The van der Waals surface area contributed by atoms with E-state index in [0.29, 0.717) is 53.0 Å². The first-order valence-electron chi connectivity index (χ1n) is 11.2. The molecule has 0 saturated carbocycles.